The number of hydrogen-bond donors (Lipinski definition) is 1. The standard InChI is InChI=1S/C23H24N2O2/c1-15-4-5-18(12-16(15)2)23(26)25-10-8-17(9-11-25)21-14-24-22-7-6-19(27-3)13-20(21)22/h4-8,12-14,24H,9-11H2,1-3H3. The third-order valence-corrected chi connectivity index (χ3v) is 5.49. The van der Waals surface area contributed by atoms with Gasteiger partial charge in [-0.1, -0.05) is 12.1 Å². The largest absolute Gasteiger partial charge is 0.497 e. The lowest BCUT2D eigenvalue weighted by Crippen LogP contribution is -2.34. The fourth-order valence-corrected chi connectivity index (χ4v) is 3.65. The lowest BCUT2D eigenvalue weighted by atomic mass is 9.98. The second kappa shape index (κ2) is 6.95. The summed E-state index contributed by atoms with van der Waals surface area (Å²) in [5.41, 5.74) is 6.71. The number of rotatable bonds is 3. The van der Waals surface area contributed by atoms with Crippen LogP contribution in [0.2, 0.25) is 0 Å². The number of hydrogen-bond acceptors (Lipinski definition) is 2. The summed E-state index contributed by atoms with van der Waals surface area (Å²) in [6.07, 6.45) is 5.07. The average Bonchev–Trinajstić information content (AvgIpc) is 3.12. The molecule has 0 fully saturated rings. The zero-order chi connectivity index (χ0) is 19.0. The summed E-state index contributed by atoms with van der Waals surface area (Å²) in [5.74, 6) is 0.959. The molecule has 0 saturated carbocycles. The van der Waals surface area contributed by atoms with Gasteiger partial charge in [0.15, 0.2) is 0 Å². The minimum atomic E-state index is 0.106. The Morgan fingerprint density at radius 3 is 2.67 bits per heavy atom. The fraction of sp³-hybridized carbons (Fsp3) is 0.261. The van der Waals surface area contributed by atoms with Gasteiger partial charge in [0.25, 0.3) is 5.91 Å². The molecule has 2 heterocycles. The van der Waals surface area contributed by atoms with E-state index in [2.05, 4.69) is 30.2 Å². The summed E-state index contributed by atoms with van der Waals surface area (Å²) in [4.78, 5) is 18.1. The molecule has 1 aromatic heterocycles. The number of H-pyrrole nitrogens is 1. The molecule has 1 aliphatic rings. The van der Waals surface area contributed by atoms with Crippen molar-refractivity contribution >= 4 is 22.4 Å². The summed E-state index contributed by atoms with van der Waals surface area (Å²) in [6.45, 7) is 5.48. The van der Waals surface area contributed by atoms with E-state index < -0.39 is 0 Å². The molecule has 0 aliphatic carbocycles. The van der Waals surface area contributed by atoms with Crippen LogP contribution >= 0.6 is 0 Å². The number of aromatic amines is 1. The molecule has 2 aromatic carbocycles. The van der Waals surface area contributed by atoms with Crippen LogP contribution in [0, 0.1) is 13.8 Å². The Balaban J connectivity index is 1.56. The van der Waals surface area contributed by atoms with Crippen molar-refractivity contribution in [2.75, 3.05) is 20.2 Å². The van der Waals surface area contributed by atoms with Gasteiger partial charge in [-0.3, -0.25) is 4.79 Å². The van der Waals surface area contributed by atoms with E-state index in [4.69, 9.17) is 4.74 Å². The zero-order valence-corrected chi connectivity index (χ0v) is 16.0. The van der Waals surface area contributed by atoms with Crippen molar-refractivity contribution in [1.29, 1.82) is 0 Å². The second-order valence-electron chi connectivity index (χ2n) is 7.14. The number of aryl methyl sites for hydroxylation is 2. The Labute approximate surface area is 159 Å². The van der Waals surface area contributed by atoms with Crippen molar-refractivity contribution in [2.24, 2.45) is 0 Å². The quantitative estimate of drug-likeness (QED) is 0.734. The number of aromatic nitrogens is 1. The Morgan fingerprint density at radius 1 is 1.11 bits per heavy atom. The summed E-state index contributed by atoms with van der Waals surface area (Å²) in [5, 5.41) is 1.16. The number of nitrogens with one attached hydrogen (secondary N) is 1. The summed E-state index contributed by atoms with van der Waals surface area (Å²) >= 11 is 0. The maximum atomic E-state index is 12.8. The number of amides is 1. The first kappa shape index (κ1) is 17.4. The van der Waals surface area contributed by atoms with Crippen LogP contribution in [0.3, 0.4) is 0 Å². The van der Waals surface area contributed by atoms with Gasteiger partial charge in [-0.2, -0.15) is 0 Å². The molecule has 1 amide bonds. The molecule has 4 heteroatoms. The van der Waals surface area contributed by atoms with Crippen molar-refractivity contribution in [3.63, 3.8) is 0 Å². The average molecular weight is 360 g/mol. The molecule has 0 unspecified atom stereocenters. The van der Waals surface area contributed by atoms with Crippen LogP contribution in [0.5, 0.6) is 5.75 Å². The second-order valence-corrected chi connectivity index (χ2v) is 7.14. The van der Waals surface area contributed by atoms with Crippen LogP contribution in [0.25, 0.3) is 16.5 Å². The van der Waals surface area contributed by atoms with Gasteiger partial charge in [0, 0.05) is 41.3 Å². The predicted molar refractivity (Wildman–Crippen MR) is 109 cm³/mol. The molecular weight excluding hydrogens is 336 g/mol. The molecule has 0 bridgehead atoms. The molecule has 138 valence electrons. The van der Waals surface area contributed by atoms with Crippen molar-refractivity contribution in [3.8, 4) is 5.75 Å². The molecule has 4 nitrogen and oxygen atoms in total. The molecular formula is C23H24N2O2. The highest BCUT2D eigenvalue weighted by molar-refractivity contribution is 5.96. The topological polar surface area (TPSA) is 45.3 Å². The van der Waals surface area contributed by atoms with E-state index in [1.54, 1.807) is 7.11 Å². The number of nitrogens with zero attached hydrogens (tertiary/aromatic N) is 1. The highest BCUT2D eigenvalue weighted by atomic mass is 16.5. The maximum Gasteiger partial charge on any atom is 0.254 e. The van der Waals surface area contributed by atoms with Crippen LogP contribution in [0.1, 0.15) is 33.5 Å². The van der Waals surface area contributed by atoms with E-state index in [9.17, 15) is 4.79 Å². The maximum absolute atomic E-state index is 12.8. The van der Waals surface area contributed by atoms with Gasteiger partial charge >= 0.3 is 0 Å². The first-order valence-electron chi connectivity index (χ1n) is 9.28. The van der Waals surface area contributed by atoms with Crippen LogP contribution < -0.4 is 4.74 Å². The molecule has 0 spiro atoms. The SMILES string of the molecule is COc1ccc2[nH]cc(C3=CCN(C(=O)c4ccc(C)c(C)c4)CC3)c2c1. The van der Waals surface area contributed by atoms with E-state index >= 15 is 0 Å². The number of ether oxygens (including phenoxy) is 1. The summed E-state index contributed by atoms with van der Waals surface area (Å²) < 4.78 is 5.36. The smallest absolute Gasteiger partial charge is 0.254 e. The highest BCUT2D eigenvalue weighted by Crippen LogP contribution is 2.31. The molecule has 0 atom stereocenters. The predicted octanol–water partition coefficient (Wildman–Crippen LogP) is 4.72. The van der Waals surface area contributed by atoms with Gasteiger partial charge in [-0.25, -0.2) is 0 Å². The zero-order valence-electron chi connectivity index (χ0n) is 16.0. The van der Waals surface area contributed by atoms with Crippen LogP contribution in [0.4, 0.5) is 0 Å². The van der Waals surface area contributed by atoms with E-state index in [1.807, 2.05) is 42.2 Å². The number of benzene rings is 2. The molecule has 0 saturated heterocycles. The van der Waals surface area contributed by atoms with E-state index in [-0.39, 0.29) is 5.91 Å². The van der Waals surface area contributed by atoms with Crippen LogP contribution in [-0.4, -0.2) is 36.0 Å². The fourth-order valence-electron chi connectivity index (χ4n) is 3.65. The normalized spacial score (nSPS) is 14.3. The number of methoxy groups -OCH3 is 1. The van der Waals surface area contributed by atoms with Crippen molar-refractivity contribution in [3.05, 3.63) is 70.9 Å². The highest BCUT2D eigenvalue weighted by Gasteiger charge is 2.21. The van der Waals surface area contributed by atoms with Crippen LogP contribution in [-0.2, 0) is 0 Å². The Kier molecular flexibility index (Phi) is 4.48. The minimum Gasteiger partial charge on any atom is -0.497 e. The Hall–Kier alpha value is -3.01. The third kappa shape index (κ3) is 3.23. The molecule has 1 N–H and O–H groups in total. The lowest BCUT2D eigenvalue weighted by Gasteiger charge is -2.27. The molecule has 3 aromatic rings. The van der Waals surface area contributed by atoms with Gasteiger partial charge < -0.3 is 14.6 Å². The first-order valence-corrected chi connectivity index (χ1v) is 9.28. The van der Waals surface area contributed by atoms with Crippen molar-refractivity contribution in [2.45, 2.75) is 20.3 Å². The molecule has 1 aliphatic heterocycles. The molecule has 4 rings (SSSR count). The number of carbonyl (C=O) groups excluding carboxylic acids is 1. The van der Waals surface area contributed by atoms with Gasteiger partial charge in [0.1, 0.15) is 5.75 Å². The first-order chi connectivity index (χ1) is 13.1. The van der Waals surface area contributed by atoms with E-state index in [0.717, 1.165) is 40.7 Å². The van der Waals surface area contributed by atoms with Gasteiger partial charge in [-0.15, -0.1) is 0 Å². The Bertz CT molecular complexity index is 1050. The minimum absolute atomic E-state index is 0.106. The van der Waals surface area contributed by atoms with Crippen molar-refractivity contribution < 1.29 is 9.53 Å². The van der Waals surface area contributed by atoms with Crippen molar-refractivity contribution in [1.82, 2.24) is 9.88 Å². The Morgan fingerprint density at radius 2 is 1.96 bits per heavy atom. The van der Waals surface area contributed by atoms with Gasteiger partial charge in [0.05, 0.1) is 7.11 Å². The number of fused-ring (bicyclic) bond motifs is 1. The van der Waals surface area contributed by atoms with Gasteiger partial charge in [0.2, 0.25) is 0 Å². The number of carbonyl (C=O) groups is 1. The van der Waals surface area contributed by atoms with Gasteiger partial charge in [-0.05, 0) is 67.3 Å². The van der Waals surface area contributed by atoms with E-state index in [1.165, 1.54) is 16.7 Å². The summed E-state index contributed by atoms with van der Waals surface area (Å²) in [6, 6.07) is 12.0. The molecule has 0 radical (unpaired) electrons. The molecule has 27 heavy (non-hydrogen) atoms. The lowest BCUT2D eigenvalue weighted by molar-refractivity contribution is 0.0773. The monoisotopic (exact) mass is 360 g/mol. The summed E-state index contributed by atoms with van der Waals surface area (Å²) in [7, 11) is 1.68. The van der Waals surface area contributed by atoms with Crippen LogP contribution in [0.15, 0.2) is 48.7 Å². The van der Waals surface area contributed by atoms with E-state index in [0.29, 0.717) is 6.54 Å². The third-order valence-electron chi connectivity index (χ3n) is 5.49.